The van der Waals surface area contributed by atoms with Gasteiger partial charge in [0.05, 0.1) is 13.1 Å². The number of ether oxygens (including phenoxy) is 1. The van der Waals surface area contributed by atoms with Crippen LogP contribution in [0.1, 0.15) is 45.0 Å². The average molecular weight is 441 g/mol. The van der Waals surface area contributed by atoms with Gasteiger partial charge in [0.25, 0.3) is 5.91 Å². The van der Waals surface area contributed by atoms with E-state index >= 15 is 0 Å². The quantitative estimate of drug-likeness (QED) is 0.707. The first-order chi connectivity index (χ1) is 9.51. The van der Waals surface area contributed by atoms with Crippen molar-refractivity contribution < 1.29 is 14.3 Å². The molecule has 1 aromatic rings. The highest BCUT2D eigenvalue weighted by molar-refractivity contribution is 9.12. The molecule has 1 rings (SSSR count). The van der Waals surface area contributed by atoms with E-state index in [9.17, 15) is 9.59 Å². The normalized spacial score (nSPS) is 13.1. The maximum absolute atomic E-state index is 12.3. The Morgan fingerprint density at radius 3 is 2.24 bits per heavy atom. The summed E-state index contributed by atoms with van der Waals surface area (Å²) in [6, 6.07) is 1.04. The molecule has 0 unspecified atom stereocenters. The van der Waals surface area contributed by atoms with E-state index in [1.54, 1.807) is 26.8 Å². The molecule has 0 aromatic carbocycles. The van der Waals surface area contributed by atoms with Crippen molar-refractivity contribution in [1.29, 1.82) is 0 Å². The van der Waals surface area contributed by atoms with E-state index in [1.165, 1.54) is 11.3 Å². The summed E-state index contributed by atoms with van der Waals surface area (Å²) >= 11 is 8.08. The number of carbonyl (C=O) groups excluding carboxylic acids is 2. The number of amides is 1. The predicted octanol–water partition coefficient (Wildman–Crippen LogP) is 4.37. The molecule has 4 nitrogen and oxygen atoms in total. The molecule has 21 heavy (non-hydrogen) atoms. The zero-order valence-corrected chi connectivity index (χ0v) is 16.6. The van der Waals surface area contributed by atoms with Gasteiger partial charge in [0.2, 0.25) is 0 Å². The molecule has 7 heteroatoms. The summed E-state index contributed by atoms with van der Waals surface area (Å²) in [6.07, 6.45) is 0. The smallest absolute Gasteiger partial charge is 0.329 e. The van der Waals surface area contributed by atoms with Crippen LogP contribution in [0.5, 0.6) is 0 Å². The molecule has 1 atom stereocenters. The van der Waals surface area contributed by atoms with Gasteiger partial charge < -0.3 is 10.1 Å². The van der Waals surface area contributed by atoms with Crippen LogP contribution in [0.3, 0.4) is 0 Å². The first kappa shape index (κ1) is 18.6. The van der Waals surface area contributed by atoms with Crippen molar-refractivity contribution in [2.24, 2.45) is 5.92 Å². The minimum atomic E-state index is -0.678. The van der Waals surface area contributed by atoms with Crippen LogP contribution in [0.2, 0.25) is 0 Å². The Balaban J connectivity index is 2.86. The van der Waals surface area contributed by atoms with Gasteiger partial charge in [0, 0.05) is 0 Å². The molecule has 1 amide bonds. The van der Waals surface area contributed by atoms with E-state index in [0.717, 1.165) is 7.57 Å². The molecule has 0 fully saturated rings. The molecule has 0 saturated carbocycles. The lowest BCUT2D eigenvalue weighted by Crippen LogP contribution is -2.47. The summed E-state index contributed by atoms with van der Waals surface area (Å²) in [6.45, 7) is 9.14. The van der Waals surface area contributed by atoms with Crippen LogP contribution < -0.4 is 5.32 Å². The van der Waals surface area contributed by atoms with Crippen molar-refractivity contribution in [3.05, 3.63) is 19.2 Å². The summed E-state index contributed by atoms with van der Waals surface area (Å²) in [4.78, 5) is 24.5. The lowest BCUT2D eigenvalue weighted by molar-refractivity contribution is -0.158. The van der Waals surface area contributed by atoms with Crippen molar-refractivity contribution >= 4 is 55.1 Å². The van der Waals surface area contributed by atoms with Crippen molar-refractivity contribution in [3.8, 4) is 0 Å². The van der Waals surface area contributed by atoms with Crippen LogP contribution in [-0.4, -0.2) is 23.5 Å². The third kappa shape index (κ3) is 5.71. The van der Waals surface area contributed by atoms with E-state index in [0.29, 0.717) is 5.56 Å². The van der Waals surface area contributed by atoms with Gasteiger partial charge in [-0.05, 0) is 64.6 Å². The standard InChI is InChI=1S/C14H19Br2NO3S/c1-7(2)10(13(19)20-14(3,4)5)17-12(18)8-6-9(15)21-11(8)16/h6-7,10H,1-5H3,(H,17,18)/t10-/m1/s1. The summed E-state index contributed by atoms with van der Waals surface area (Å²) < 4.78 is 6.93. The Morgan fingerprint density at radius 2 is 1.86 bits per heavy atom. The van der Waals surface area contributed by atoms with Crippen LogP contribution >= 0.6 is 43.2 Å². The van der Waals surface area contributed by atoms with Crippen molar-refractivity contribution in [1.82, 2.24) is 5.32 Å². The highest BCUT2D eigenvalue weighted by atomic mass is 79.9. The lowest BCUT2D eigenvalue weighted by atomic mass is 10.0. The summed E-state index contributed by atoms with van der Waals surface area (Å²) in [7, 11) is 0. The third-order valence-corrected chi connectivity index (χ3v) is 4.85. The highest BCUT2D eigenvalue weighted by Crippen LogP contribution is 2.31. The van der Waals surface area contributed by atoms with Gasteiger partial charge in [-0.25, -0.2) is 4.79 Å². The fraction of sp³-hybridized carbons (Fsp3) is 0.571. The Hall–Kier alpha value is -0.400. The minimum absolute atomic E-state index is 0.0651. The van der Waals surface area contributed by atoms with Crippen LogP contribution in [0.25, 0.3) is 0 Å². The van der Waals surface area contributed by atoms with Crippen molar-refractivity contribution in [2.75, 3.05) is 0 Å². The Morgan fingerprint density at radius 1 is 1.29 bits per heavy atom. The molecule has 1 N–H and O–H groups in total. The molecule has 0 spiro atoms. The largest absolute Gasteiger partial charge is 0.458 e. The van der Waals surface area contributed by atoms with Gasteiger partial charge in [0.1, 0.15) is 11.6 Å². The molecule has 0 bridgehead atoms. The lowest BCUT2D eigenvalue weighted by Gasteiger charge is -2.26. The molecule has 0 aliphatic rings. The molecule has 0 radical (unpaired) electrons. The summed E-state index contributed by atoms with van der Waals surface area (Å²) in [5, 5.41) is 2.75. The number of esters is 1. The van der Waals surface area contributed by atoms with Gasteiger partial charge in [0.15, 0.2) is 0 Å². The van der Waals surface area contributed by atoms with Gasteiger partial charge in [-0.2, -0.15) is 0 Å². The molecule has 1 aromatic heterocycles. The predicted molar refractivity (Wildman–Crippen MR) is 91.7 cm³/mol. The Kier molecular flexibility index (Phi) is 6.43. The molecular formula is C14H19Br2NO3S. The summed E-state index contributed by atoms with van der Waals surface area (Å²) in [5.74, 6) is -0.783. The first-order valence-corrected chi connectivity index (χ1v) is 8.90. The van der Waals surface area contributed by atoms with Gasteiger partial charge >= 0.3 is 5.97 Å². The van der Waals surface area contributed by atoms with E-state index in [-0.39, 0.29) is 11.8 Å². The van der Waals surface area contributed by atoms with E-state index in [2.05, 4.69) is 37.2 Å². The van der Waals surface area contributed by atoms with Gasteiger partial charge in [-0.15, -0.1) is 11.3 Å². The SMILES string of the molecule is CC(C)[C@@H](NC(=O)c1cc(Br)sc1Br)C(=O)OC(C)(C)C. The fourth-order valence-electron chi connectivity index (χ4n) is 1.58. The van der Waals surface area contributed by atoms with E-state index < -0.39 is 17.6 Å². The summed E-state index contributed by atoms with van der Waals surface area (Å²) in [5.41, 5.74) is -0.0814. The third-order valence-electron chi connectivity index (χ3n) is 2.52. The van der Waals surface area contributed by atoms with Crippen LogP contribution in [0, 0.1) is 5.92 Å². The van der Waals surface area contributed by atoms with Gasteiger partial charge in [-0.3, -0.25) is 4.79 Å². The van der Waals surface area contributed by atoms with Crippen molar-refractivity contribution in [3.63, 3.8) is 0 Å². The number of rotatable bonds is 4. The highest BCUT2D eigenvalue weighted by Gasteiger charge is 2.30. The minimum Gasteiger partial charge on any atom is -0.458 e. The zero-order chi connectivity index (χ0) is 16.4. The topological polar surface area (TPSA) is 55.4 Å². The second kappa shape index (κ2) is 7.24. The maximum atomic E-state index is 12.3. The Bertz CT molecular complexity index is 535. The monoisotopic (exact) mass is 439 g/mol. The number of hydrogen-bond acceptors (Lipinski definition) is 4. The second-order valence-electron chi connectivity index (χ2n) is 5.97. The average Bonchev–Trinajstić information content (AvgIpc) is 2.62. The molecule has 0 aliphatic carbocycles. The van der Waals surface area contributed by atoms with E-state index in [1.807, 2.05) is 13.8 Å². The Labute approximate surface area is 145 Å². The fourth-order valence-corrected chi connectivity index (χ4v) is 4.37. The number of carbonyl (C=O) groups is 2. The molecule has 0 saturated heterocycles. The number of thiophene rings is 1. The first-order valence-electron chi connectivity index (χ1n) is 6.50. The molecule has 118 valence electrons. The molecule has 1 heterocycles. The number of hydrogen-bond donors (Lipinski definition) is 1. The van der Waals surface area contributed by atoms with E-state index in [4.69, 9.17) is 4.74 Å². The molecular weight excluding hydrogens is 422 g/mol. The second-order valence-corrected chi connectivity index (χ2v) is 9.72. The van der Waals surface area contributed by atoms with Crippen LogP contribution in [0.4, 0.5) is 0 Å². The van der Waals surface area contributed by atoms with Crippen molar-refractivity contribution in [2.45, 2.75) is 46.3 Å². The molecule has 0 aliphatic heterocycles. The van der Waals surface area contributed by atoms with Gasteiger partial charge in [-0.1, -0.05) is 13.8 Å². The number of nitrogens with one attached hydrogen (secondary N) is 1. The zero-order valence-electron chi connectivity index (χ0n) is 12.6. The van der Waals surface area contributed by atoms with Crippen LogP contribution in [-0.2, 0) is 9.53 Å². The van der Waals surface area contributed by atoms with Crippen LogP contribution in [0.15, 0.2) is 13.6 Å². The maximum Gasteiger partial charge on any atom is 0.329 e. The number of halogens is 2.